The molecule has 2 rings (SSSR count). The average Bonchev–Trinajstić information content (AvgIpc) is 2.80. The van der Waals surface area contributed by atoms with Crippen LogP contribution in [0.5, 0.6) is 5.75 Å². The van der Waals surface area contributed by atoms with Crippen molar-refractivity contribution in [2.75, 3.05) is 20.3 Å². The lowest BCUT2D eigenvalue weighted by molar-refractivity contribution is -0.145. The Bertz CT molecular complexity index is 431. The highest BCUT2D eigenvalue weighted by atomic mass is 16.6. The highest BCUT2D eigenvalue weighted by Gasteiger charge is 2.24. The number of ether oxygens (including phenoxy) is 2. The molecule has 1 aliphatic rings. The van der Waals surface area contributed by atoms with Crippen LogP contribution in [0.1, 0.15) is 30.5 Å². The maximum atomic E-state index is 11.3. The summed E-state index contributed by atoms with van der Waals surface area (Å²) < 4.78 is 10.4. The lowest BCUT2D eigenvalue weighted by Crippen LogP contribution is -2.15. The number of rotatable bonds is 5. The van der Waals surface area contributed by atoms with Crippen LogP contribution < -0.4 is 10.1 Å². The molecule has 1 unspecified atom stereocenters. The molecule has 0 fully saturated rings. The topological polar surface area (TPSA) is 47.6 Å². The van der Waals surface area contributed by atoms with Crippen molar-refractivity contribution >= 4 is 5.97 Å². The van der Waals surface area contributed by atoms with Crippen LogP contribution >= 0.6 is 0 Å². The minimum absolute atomic E-state index is 0.0193. The third-order valence-electron chi connectivity index (χ3n) is 3.23. The second-order valence-corrected chi connectivity index (χ2v) is 4.30. The van der Waals surface area contributed by atoms with Gasteiger partial charge in [-0.15, -0.1) is 0 Å². The number of carbonyl (C=O) groups is 1. The second-order valence-electron chi connectivity index (χ2n) is 4.30. The van der Waals surface area contributed by atoms with Gasteiger partial charge in [-0.3, -0.25) is 0 Å². The van der Waals surface area contributed by atoms with Crippen molar-refractivity contribution in [3.63, 3.8) is 0 Å². The van der Waals surface area contributed by atoms with Gasteiger partial charge in [-0.05, 0) is 44.0 Å². The first-order valence-corrected chi connectivity index (χ1v) is 6.33. The Morgan fingerprint density at radius 3 is 3.06 bits per heavy atom. The molecule has 0 bridgehead atoms. The summed E-state index contributed by atoms with van der Waals surface area (Å²) >= 11 is 0. The van der Waals surface area contributed by atoms with Gasteiger partial charge in [-0.2, -0.15) is 0 Å². The minimum atomic E-state index is -0.321. The van der Waals surface area contributed by atoms with Crippen LogP contribution in [-0.4, -0.2) is 26.2 Å². The zero-order valence-electron chi connectivity index (χ0n) is 10.9. The van der Waals surface area contributed by atoms with Crippen molar-refractivity contribution in [1.29, 1.82) is 0 Å². The van der Waals surface area contributed by atoms with Crippen LogP contribution in [0.25, 0.3) is 0 Å². The number of esters is 1. The van der Waals surface area contributed by atoms with Crippen molar-refractivity contribution in [2.45, 2.75) is 25.8 Å². The summed E-state index contributed by atoms with van der Waals surface area (Å²) in [5.41, 5.74) is 2.49. The van der Waals surface area contributed by atoms with E-state index in [1.165, 1.54) is 11.1 Å². The Labute approximate surface area is 107 Å². The van der Waals surface area contributed by atoms with E-state index in [0.717, 1.165) is 18.6 Å². The fourth-order valence-corrected chi connectivity index (χ4v) is 2.40. The van der Waals surface area contributed by atoms with E-state index in [4.69, 9.17) is 9.47 Å². The molecule has 0 amide bonds. The Hall–Kier alpha value is -1.55. The SMILES string of the molecule is CCOC(=O)COc1cccc2c1CCC2NC. The van der Waals surface area contributed by atoms with E-state index in [0.29, 0.717) is 12.6 Å². The third-order valence-corrected chi connectivity index (χ3v) is 3.23. The number of carbonyl (C=O) groups excluding carboxylic acids is 1. The molecule has 98 valence electrons. The van der Waals surface area contributed by atoms with Crippen LogP contribution in [0.3, 0.4) is 0 Å². The van der Waals surface area contributed by atoms with Gasteiger partial charge < -0.3 is 14.8 Å². The largest absolute Gasteiger partial charge is 0.482 e. The molecule has 0 saturated heterocycles. The number of hydrogen-bond acceptors (Lipinski definition) is 4. The summed E-state index contributed by atoms with van der Waals surface area (Å²) in [6, 6.07) is 6.39. The van der Waals surface area contributed by atoms with E-state index in [-0.39, 0.29) is 12.6 Å². The summed E-state index contributed by atoms with van der Waals surface area (Å²) in [6.45, 7) is 2.15. The van der Waals surface area contributed by atoms with E-state index < -0.39 is 0 Å². The lowest BCUT2D eigenvalue weighted by Gasteiger charge is -2.12. The van der Waals surface area contributed by atoms with E-state index in [2.05, 4.69) is 11.4 Å². The number of fused-ring (bicyclic) bond motifs is 1. The van der Waals surface area contributed by atoms with Gasteiger partial charge in [0, 0.05) is 6.04 Å². The fraction of sp³-hybridized carbons (Fsp3) is 0.500. The highest BCUT2D eigenvalue weighted by molar-refractivity contribution is 5.71. The van der Waals surface area contributed by atoms with Gasteiger partial charge in [0.25, 0.3) is 0 Å². The molecule has 4 heteroatoms. The van der Waals surface area contributed by atoms with Crippen molar-refractivity contribution in [2.24, 2.45) is 0 Å². The predicted octanol–water partition coefficient (Wildman–Crippen LogP) is 1.84. The Morgan fingerprint density at radius 2 is 2.33 bits per heavy atom. The van der Waals surface area contributed by atoms with Crippen LogP contribution in [0.2, 0.25) is 0 Å². The van der Waals surface area contributed by atoms with Crippen molar-refractivity contribution in [3.8, 4) is 5.75 Å². The first-order chi connectivity index (χ1) is 8.76. The predicted molar refractivity (Wildman–Crippen MR) is 68.7 cm³/mol. The molecular weight excluding hydrogens is 230 g/mol. The van der Waals surface area contributed by atoms with Gasteiger partial charge in [-0.1, -0.05) is 12.1 Å². The summed E-state index contributed by atoms with van der Waals surface area (Å²) in [5.74, 6) is 0.483. The van der Waals surface area contributed by atoms with Crippen LogP contribution in [0, 0.1) is 0 Å². The normalized spacial score (nSPS) is 17.3. The zero-order chi connectivity index (χ0) is 13.0. The van der Waals surface area contributed by atoms with E-state index in [1.807, 2.05) is 19.2 Å². The molecule has 0 heterocycles. The molecule has 0 saturated carbocycles. The molecule has 1 aliphatic carbocycles. The molecule has 0 aliphatic heterocycles. The van der Waals surface area contributed by atoms with Gasteiger partial charge in [0.15, 0.2) is 6.61 Å². The van der Waals surface area contributed by atoms with Crippen LogP contribution in [-0.2, 0) is 16.0 Å². The highest BCUT2D eigenvalue weighted by Crippen LogP contribution is 2.36. The molecule has 1 N–H and O–H groups in total. The number of nitrogens with one attached hydrogen (secondary N) is 1. The first-order valence-electron chi connectivity index (χ1n) is 6.33. The van der Waals surface area contributed by atoms with E-state index in [1.54, 1.807) is 6.92 Å². The standard InChI is InChI=1S/C14H19NO3/c1-3-17-14(16)9-18-13-6-4-5-10-11(13)7-8-12(10)15-2/h4-6,12,15H,3,7-9H2,1-2H3. The van der Waals surface area contributed by atoms with Gasteiger partial charge in [0.1, 0.15) is 5.75 Å². The van der Waals surface area contributed by atoms with E-state index in [9.17, 15) is 4.79 Å². The van der Waals surface area contributed by atoms with E-state index >= 15 is 0 Å². The molecule has 1 atom stereocenters. The summed E-state index contributed by atoms with van der Waals surface area (Å²) in [4.78, 5) is 11.3. The zero-order valence-corrected chi connectivity index (χ0v) is 10.9. The maximum absolute atomic E-state index is 11.3. The summed E-state index contributed by atoms with van der Waals surface area (Å²) in [5, 5.41) is 3.29. The number of hydrogen-bond donors (Lipinski definition) is 1. The molecule has 0 aromatic heterocycles. The fourth-order valence-electron chi connectivity index (χ4n) is 2.40. The van der Waals surface area contributed by atoms with Crippen molar-refractivity contribution < 1.29 is 14.3 Å². The summed E-state index contributed by atoms with van der Waals surface area (Å²) in [6.07, 6.45) is 2.06. The van der Waals surface area contributed by atoms with Crippen molar-refractivity contribution in [1.82, 2.24) is 5.32 Å². The third kappa shape index (κ3) is 2.64. The minimum Gasteiger partial charge on any atom is -0.482 e. The van der Waals surface area contributed by atoms with Crippen LogP contribution in [0.4, 0.5) is 0 Å². The van der Waals surface area contributed by atoms with Gasteiger partial charge in [0.05, 0.1) is 6.61 Å². The first kappa shape index (κ1) is 12.9. The second kappa shape index (κ2) is 5.87. The Kier molecular flexibility index (Phi) is 4.20. The lowest BCUT2D eigenvalue weighted by atomic mass is 10.1. The molecule has 1 aromatic carbocycles. The molecule has 1 aromatic rings. The molecule has 4 nitrogen and oxygen atoms in total. The molecule has 0 radical (unpaired) electrons. The van der Waals surface area contributed by atoms with Crippen molar-refractivity contribution in [3.05, 3.63) is 29.3 Å². The van der Waals surface area contributed by atoms with Gasteiger partial charge >= 0.3 is 5.97 Å². The molecular formula is C14H19NO3. The average molecular weight is 249 g/mol. The quantitative estimate of drug-likeness (QED) is 0.809. The summed E-state index contributed by atoms with van der Waals surface area (Å²) in [7, 11) is 1.96. The Morgan fingerprint density at radius 1 is 1.50 bits per heavy atom. The smallest absolute Gasteiger partial charge is 0.344 e. The van der Waals surface area contributed by atoms with Crippen LogP contribution in [0.15, 0.2) is 18.2 Å². The maximum Gasteiger partial charge on any atom is 0.344 e. The van der Waals surface area contributed by atoms with Gasteiger partial charge in [-0.25, -0.2) is 4.79 Å². The molecule has 0 spiro atoms. The molecule has 18 heavy (non-hydrogen) atoms. The van der Waals surface area contributed by atoms with Gasteiger partial charge in [0.2, 0.25) is 0 Å². The monoisotopic (exact) mass is 249 g/mol. The number of benzene rings is 1. The Balaban J connectivity index is 2.06.